The van der Waals surface area contributed by atoms with E-state index in [2.05, 4.69) is 11.8 Å². The molecule has 1 heterocycles. The van der Waals surface area contributed by atoms with Gasteiger partial charge in [0.05, 0.1) is 5.56 Å². The van der Waals surface area contributed by atoms with Crippen LogP contribution in [0.2, 0.25) is 0 Å². The molecule has 0 aromatic heterocycles. The van der Waals surface area contributed by atoms with Gasteiger partial charge in [-0.3, -0.25) is 0 Å². The minimum absolute atomic E-state index is 0.526. The van der Waals surface area contributed by atoms with Crippen LogP contribution < -0.4 is 9.47 Å². The molecule has 1 aromatic rings. The summed E-state index contributed by atoms with van der Waals surface area (Å²) in [6.45, 7) is 1.08. The molecule has 0 aliphatic carbocycles. The number of hydrogen-bond donors (Lipinski definition) is 0. The highest BCUT2D eigenvalue weighted by Crippen LogP contribution is 2.32. The van der Waals surface area contributed by atoms with E-state index in [0.717, 1.165) is 0 Å². The Bertz CT molecular complexity index is 449. The van der Waals surface area contributed by atoms with Crippen LogP contribution in [0.15, 0.2) is 18.2 Å². The van der Waals surface area contributed by atoms with Gasteiger partial charge >= 0.3 is 0 Å². The van der Waals surface area contributed by atoms with Crippen LogP contribution in [-0.4, -0.2) is 13.2 Å². The van der Waals surface area contributed by atoms with Gasteiger partial charge in [-0.2, -0.15) is 5.26 Å². The van der Waals surface area contributed by atoms with Crippen molar-refractivity contribution in [1.29, 1.82) is 5.26 Å². The van der Waals surface area contributed by atoms with Crippen molar-refractivity contribution in [3.8, 4) is 29.4 Å². The highest BCUT2D eigenvalue weighted by molar-refractivity contribution is 5.55. The molecule has 14 heavy (non-hydrogen) atoms. The minimum atomic E-state index is 0.526. The lowest BCUT2D eigenvalue weighted by Gasteiger charge is -2.18. The fraction of sp³-hybridized carbons (Fsp3) is 0.182. The van der Waals surface area contributed by atoms with Crippen LogP contribution in [0.1, 0.15) is 5.56 Å². The largest absolute Gasteiger partial charge is 0.486 e. The number of hydrogen-bond acceptors (Lipinski definition) is 3. The van der Waals surface area contributed by atoms with Crippen LogP contribution in [0.4, 0.5) is 0 Å². The van der Waals surface area contributed by atoms with Gasteiger partial charge in [-0.1, -0.05) is 6.07 Å². The second kappa shape index (κ2) is 3.72. The van der Waals surface area contributed by atoms with E-state index >= 15 is 0 Å². The summed E-state index contributed by atoms with van der Waals surface area (Å²) in [5, 5.41) is 8.34. The van der Waals surface area contributed by atoms with Gasteiger partial charge in [0.2, 0.25) is 0 Å². The van der Waals surface area contributed by atoms with Crippen molar-refractivity contribution < 1.29 is 9.47 Å². The van der Waals surface area contributed by atoms with Crippen molar-refractivity contribution in [3.05, 3.63) is 23.8 Å². The van der Waals surface area contributed by atoms with E-state index in [9.17, 15) is 0 Å². The molecule has 68 valence electrons. The van der Waals surface area contributed by atoms with Crippen LogP contribution in [0.5, 0.6) is 11.5 Å². The third-order valence-corrected chi connectivity index (χ3v) is 1.82. The monoisotopic (exact) mass is 185 g/mol. The molecule has 1 aliphatic heterocycles. The van der Waals surface area contributed by atoms with Gasteiger partial charge in [-0.05, 0) is 18.1 Å². The van der Waals surface area contributed by atoms with E-state index < -0.39 is 0 Å². The first-order valence-electron chi connectivity index (χ1n) is 4.20. The maximum absolute atomic E-state index is 8.34. The fourth-order valence-electron chi connectivity index (χ4n) is 1.27. The Kier molecular flexibility index (Phi) is 2.25. The van der Waals surface area contributed by atoms with Crippen LogP contribution in [-0.2, 0) is 0 Å². The molecule has 1 aliphatic rings. The van der Waals surface area contributed by atoms with Crippen LogP contribution in [0.25, 0.3) is 0 Å². The van der Waals surface area contributed by atoms with Crippen molar-refractivity contribution in [1.82, 2.24) is 0 Å². The van der Waals surface area contributed by atoms with Gasteiger partial charge in [0.25, 0.3) is 0 Å². The maximum atomic E-state index is 8.34. The second-order valence-electron chi connectivity index (χ2n) is 2.69. The van der Waals surface area contributed by atoms with Crippen molar-refractivity contribution >= 4 is 0 Å². The normalized spacial score (nSPS) is 12.2. The number of nitrogens with zero attached hydrogens (tertiary/aromatic N) is 1. The van der Waals surface area contributed by atoms with E-state index in [1.54, 1.807) is 12.1 Å². The molecular weight excluding hydrogens is 178 g/mol. The molecule has 1 aromatic carbocycles. The first-order valence-corrected chi connectivity index (χ1v) is 4.20. The molecule has 3 heteroatoms. The van der Waals surface area contributed by atoms with Gasteiger partial charge in [0.15, 0.2) is 17.6 Å². The topological polar surface area (TPSA) is 42.2 Å². The molecule has 0 spiro atoms. The highest BCUT2D eigenvalue weighted by Gasteiger charge is 2.13. The van der Waals surface area contributed by atoms with E-state index in [4.69, 9.17) is 14.7 Å². The Labute approximate surface area is 81.9 Å². The lowest BCUT2D eigenvalue weighted by atomic mass is 10.2. The van der Waals surface area contributed by atoms with Crippen molar-refractivity contribution in [2.75, 3.05) is 13.2 Å². The smallest absolute Gasteiger partial charge is 0.176 e. The third kappa shape index (κ3) is 1.48. The second-order valence-corrected chi connectivity index (χ2v) is 2.69. The number of benzene rings is 1. The van der Waals surface area contributed by atoms with Crippen LogP contribution in [0, 0.1) is 23.2 Å². The fourth-order valence-corrected chi connectivity index (χ4v) is 1.27. The minimum Gasteiger partial charge on any atom is -0.486 e. The molecule has 0 atom stereocenters. The number of nitriles is 1. The molecule has 2 rings (SSSR count). The number of para-hydroxylation sites is 1. The standard InChI is InChI=1S/C11H7NO2/c12-6-2-4-9-3-1-5-10-11(9)14-8-7-13-10/h1,3,5H,7-8H2. The van der Waals surface area contributed by atoms with Gasteiger partial charge in [0.1, 0.15) is 13.2 Å². The number of fused-ring (bicyclic) bond motifs is 1. The molecule has 0 saturated heterocycles. The molecule has 3 nitrogen and oxygen atoms in total. The lowest BCUT2D eigenvalue weighted by molar-refractivity contribution is 0.171. The summed E-state index contributed by atoms with van der Waals surface area (Å²) >= 11 is 0. The van der Waals surface area contributed by atoms with Gasteiger partial charge in [-0.25, -0.2) is 0 Å². The average molecular weight is 185 g/mol. The average Bonchev–Trinajstić information content (AvgIpc) is 2.26. The lowest BCUT2D eigenvalue weighted by Crippen LogP contribution is -2.16. The summed E-state index contributed by atoms with van der Waals surface area (Å²) in [6.07, 6.45) is 0. The first kappa shape index (κ1) is 8.47. The molecule has 0 bridgehead atoms. The Balaban J connectivity index is 2.46. The van der Waals surface area contributed by atoms with Crippen LogP contribution in [0.3, 0.4) is 0 Å². The molecule has 0 radical (unpaired) electrons. The Morgan fingerprint density at radius 2 is 2.07 bits per heavy atom. The summed E-state index contributed by atoms with van der Waals surface area (Å²) < 4.78 is 10.8. The third-order valence-electron chi connectivity index (χ3n) is 1.82. The maximum Gasteiger partial charge on any atom is 0.176 e. The zero-order valence-electron chi connectivity index (χ0n) is 7.41. The number of rotatable bonds is 0. The summed E-state index contributed by atoms with van der Waals surface area (Å²) in [7, 11) is 0. The summed E-state index contributed by atoms with van der Waals surface area (Å²) in [4.78, 5) is 0. The molecule has 0 saturated carbocycles. The van der Waals surface area contributed by atoms with Crippen molar-refractivity contribution in [3.63, 3.8) is 0 Å². The summed E-state index contributed by atoms with van der Waals surface area (Å²) in [5.41, 5.74) is 0.698. The summed E-state index contributed by atoms with van der Waals surface area (Å²) in [6, 6.07) is 7.22. The van der Waals surface area contributed by atoms with E-state index in [1.807, 2.05) is 12.1 Å². The van der Waals surface area contributed by atoms with Gasteiger partial charge in [-0.15, -0.1) is 0 Å². The molecular formula is C11H7NO2. The van der Waals surface area contributed by atoms with Crippen molar-refractivity contribution in [2.24, 2.45) is 0 Å². The van der Waals surface area contributed by atoms with E-state index in [-0.39, 0.29) is 0 Å². The van der Waals surface area contributed by atoms with E-state index in [1.165, 1.54) is 0 Å². The molecule has 0 fully saturated rings. The molecule has 0 unspecified atom stereocenters. The quantitative estimate of drug-likeness (QED) is 0.572. The van der Waals surface area contributed by atoms with Crippen molar-refractivity contribution in [2.45, 2.75) is 0 Å². The zero-order chi connectivity index (χ0) is 9.80. The predicted molar refractivity (Wildman–Crippen MR) is 49.9 cm³/mol. The SMILES string of the molecule is N#CC#Cc1cccc2c1OCCO2. The predicted octanol–water partition coefficient (Wildman–Crippen LogP) is 1.33. The summed E-state index contributed by atoms with van der Waals surface area (Å²) in [5.74, 6) is 6.38. The first-order chi connectivity index (χ1) is 6.92. The molecule has 0 amide bonds. The highest BCUT2D eigenvalue weighted by atomic mass is 16.6. The van der Waals surface area contributed by atoms with Crippen LogP contribution >= 0.6 is 0 Å². The zero-order valence-corrected chi connectivity index (χ0v) is 7.41. The Morgan fingerprint density at radius 3 is 2.93 bits per heavy atom. The Hall–Kier alpha value is -2.13. The Morgan fingerprint density at radius 1 is 1.21 bits per heavy atom. The number of ether oxygens (including phenoxy) is 2. The van der Waals surface area contributed by atoms with Gasteiger partial charge in [0, 0.05) is 5.92 Å². The van der Waals surface area contributed by atoms with E-state index in [0.29, 0.717) is 30.3 Å². The molecule has 0 N–H and O–H groups in total. The van der Waals surface area contributed by atoms with Gasteiger partial charge < -0.3 is 9.47 Å².